The number of pyridine rings is 1. The quantitative estimate of drug-likeness (QED) is 0.888. The summed E-state index contributed by atoms with van der Waals surface area (Å²) in [5.41, 5.74) is -0.582. The molecule has 0 aliphatic heterocycles. The van der Waals surface area contributed by atoms with Crippen molar-refractivity contribution in [2.45, 2.75) is 24.0 Å². The van der Waals surface area contributed by atoms with Gasteiger partial charge < -0.3 is 4.98 Å². The first kappa shape index (κ1) is 11.5. The minimum Gasteiger partial charge on any atom is -0.327 e. The number of rotatable bonds is 2. The Morgan fingerprint density at radius 1 is 1.43 bits per heavy atom. The topological polar surface area (TPSA) is 67.0 Å². The molecule has 1 heterocycles. The van der Waals surface area contributed by atoms with Gasteiger partial charge in [0.05, 0.1) is 5.25 Å². The Hall–Kier alpha value is -0.620. The minimum atomic E-state index is -3.50. The van der Waals surface area contributed by atoms with E-state index in [4.69, 9.17) is 0 Å². The summed E-state index contributed by atoms with van der Waals surface area (Å²) in [6, 6.07) is 1.31. The third kappa shape index (κ3) is 2.06. The van der Waals surface area contributed by atoms with Crippen LogP contribution >= 0.6 is 15.9 Å². The maximum absolute atomic E-state index is 11.7. The van der Waals surface area contributed by atoms with Crippen molar-refractivity contribution >= 4 is 25.8 Å². The fourth-order valence-electron chi connectivity index (χ4n) is 0.903. The zero-order valence-electron chi connectivity index (χ0n) is 7.74. The molecule has 78 valence electrons. The third-order valence-electron chi connectivity index (χ3n) is 1.76. The van der Waals surface area contributed by atoms with Crippen molar-refractivity contribution in [3.8, 4) is 0 Å². The average molecular weight is 280 g/mol. The van der Waals surface area contributed by atoms with Gasteiger partial charge in [-0.15, -0.1) is 0 Å². The molecule has 0 spiro atoms. The summed E-state index contributed by atoms with van der Waals surface area (Å²) in [6.45, 7) is 3.07. The summed E-state index contributed by atoms with van der Waals surface area (Å²) < 4.78 is 23.9. The molecule has 1 N–H and O–H groups in total. The molecule has 1 rings (SSSR count). The van der Waals surface area contributed by atoms with Gasteiger partial charge in [-0.25, -0.2) is 8.42 Å². The highest BCUT2D eigenvalue weighted by Gasteiger charge is 2.22. The van der Waals surface area contributed by atoms with Gasteiger partial charge >= 0.3 is 0 Å². The maximum atomic E-state index is 11.7. The smallest absolute Gasteiger partial charge is 0.266 e. The first-order chi connectivity index (χ1) is 6.35. The van der Waals surface area contributed by atoms with E-state index in [0.717, 1.165) is 0 Å². The number of nitrogens with one attached hydrogen (secondary N) is 1. The van der Waals surface area contributed by atoms with E-state index in [1.807, 2.05) is 0 Å². The van der Waals surface area contributed by atoms with E-state index in [0.29, 0.717) is 4.47 Å². The predicted octanol–water partition coefficient (Wildman–Crippen LogP) is 1.32. The van der Waals surface area contributed by atoms with Crippen LogP contribution in [0.25, 0.3) is 0 Å². The van der Waals surface area contributed by atoms with E-state index < -0.39 is 20.6 Å². The van der Waals surface area contributed by atoms with Crippen molar-refractivity contribution < 1.29 is 8.42 Å². The summed E-state index contributed by atoms with van der Waals surface area (Å²) in [7, 11) is -3.50. The van der Waals surface area contributed by atoms with Gasteiger partial charge in [-0.1, -0.05) is 0 Å². The van der Waals surface area contributed by atoms with Crippen LogP contribution in [-0.2, 0) is 9.84 Å². The number of aromatic amines is 1. The van der Waals surface area contributed by atoms with Gasteiger partial charge in [-0.3, -0.25) is 4.79 Å². The van der Waals surface area contributed by atoms with Gasteiger partial charge in [0.2, 0.25) is 0 Å². The molecule has 1 aromatic rings. The molecule has 0 aliphatic carbocycles. The second kappa shape index (κ2) is 3.86. The lowest BCUT2D eigenvalue weighted by atomic mass is 10.5. The number of hydrogen-bond donors (Lipinski definition) is 1. The molecule has 6 heteroatoms. The second-order valence-electron chi connectivity index (χ2n) is 3.11. The number of sulfone groups is 1. The van der Waals surface area contributed by atoms with Crippen LogP contribution in [0.2, 0.25) is 0 Å². The van der Waals surface area contributed by atoms with Crippen molar-refractivity contribution in [3.05, 3.63) is 27.1 Å². The van der Waals surface area contributed by atoms with E-state index in [9.17, 15) is 13.2 Å². The number of aromatic nitrogens is 1. The lowest BCUT2D eigenvalue weighted by Gasteiger charge is -2.06. The molecule has 0 bridgehead atoms. The van der Waals surface area contributed by atoms with Crippen LogP contribution in [0, 0.1) is 0 Å². The molecule has 0 fully saturated rings. The average Bonchev–Trinajstić information content (AvgIpc) is 2.08. The molecule has 4 nitrogen and oxygen atoms in total. The lowest BCUT2D eigenvalue weighted by Crippen LogP contribution is -2.23. The van der Waals surface area contributed by atoms with Gasteiger partial charge in [0.25, 0.3) is 5.56 Å². The third-order valence-corrected chi connectivity index (χ3v) is 4.38. The van der Waals surface area contributed by atoms with Gasteiger partial charge in [0, 0.05) is 10.7 Å². The summed E-state index contributed by atoms with van der Waals surface area (Å²) >= 11 is 3.10. The highest BCUT2D eigenvalue weighted by Crippen LogP contribution is 2.15. The van der Waals surface area contributed by atoms with E-state index in [1.54, 1.807) is 0 Å². The molecule has 0 atom stereocenters. The van der Waals surface area contributed by atoms with Crippen LogP contribution in [-0.4, -0.2) is 18.7 Å². The van der Waals surface area contributed by atoms with Gasteiger partial charge in [0.1, 0.15) is 4.90 Å². The van der Waals surface area contributed by atoms with Crippen molar-refractivity contribution in [1.82, 2.24) is 4.98 Å². The first-order valence-corrected chi connectivity index (χ1v) is 6.31. The van der Waals surface area contributed by atoms with E-state index >= 15 is 0 Å². The molecule has 0 amide bonds. The zero-order valence-corrected chi connectivity index (χ0v) is 10.1. The molecule has 0 aliphatic rings. The lowest BCUT2D eigenvalue weighted by molar-refractivity contribution is 0.586. The summed E-state index contributed by atoms with van der Waals surface area (Å²) in [4.78, 5) is 13.4. The number of H-pyrrole nitrogens is 1. The first-order valence-electron chi connectivity index (χ1n) is 3.98. The molecule has 0 unspecified atom stereocenters. The Labute approximate surface area is 90.4 Å². The SMILES string of the molecule is CC(C)S(=O)(=O)c1cc(Br)c[nH]c1=O. The molecular weight excluding hydrogens is 270 g/mol. The highest BCUT2D eigenvalue weighted by molar-refractivity contribution is 9.10. The Bertz CT molecular complexity index is 490. The largest absolute Gasteiger partial charge is 0.327 e. The highest BCUT2D eigenvalue weighted by atomic mass is 79.9. The minimum absolute atomic E-state index is 0.193. The number of hydrogen-bond acceptors (Lipinski definition) is 3. The monoisotopic (exact) mass is 279 g/mol. The number of halogens is 1. The van der Waals surface area contributed by atoms with Crippen LogP contribution in [0.1, 0.15) is 13.8 Å². The van der Waals surface area contributed by atoms with Crippen molar-refractivity contribution in [2.24, 2.45) is 0 Å². The normalized spacial score (nSPS) is 12.0. The maximum Gasteiger partial charge on any atom is 0.266 e. The Morgan fingerprint density at radius 3 is 2.50 bits per heavy atom. The van der Waals surface area contributed by atoms with Crippen LogP contribution < -0.4 is 5.56 Å². The van der Waals surface area contributed by atoms with Crippen molar-refractivity contribution in [1.29, 1.82) is 0 Å². The van der Waals surface area contributed by atoms with Crippen molar-refractivity contribution in [2.75, 3.05) is 0 Å². The Kier molecular flexibility index (Phi) is 3.16. The molecule has 0 radical (unpaired) electrons. The standard InChI is InChI=1S/C8H10BrNO3S/c1-5(2)14(12,13)7-3-6(9)4-10-8(7)11/h3-5H,1-2H3,(H,10,11). The van der Waals surface area contributed by atoms with Crippen molar-refractivity contribution in [3.63, 3.8) is 0 Å². The van der Waals surface area contributed by atoms with E-state index in [2.05, 4.69) is 20.9 Å². The molecule has 0 saturated heterocycles. The fourth-order valence-corrected chi connectivity index (χ4v) is 2.51. The van der Waals surface area contributed by atoms with Crippen LogP contribution in [0.3, 0.4) is 0 Å². The molecule has 1 aromatic heterocycles. The van der Waals surface area contributed by atoms with Crippen LogP contribution in [0.5, 0.6) is 0 Å². The summed E-state index contributed by atoms with van der Waals surface area (Å²) in [5, 5.41) is -0.599. The Morgan fingerprint density at radius 2 is 2.00 bits per heavy atom. The molecule has 0 aromatic carbocycles. The van der Waals surface area contributed by atoms with Crippen LogP contribution in [0.4, 0.5) is 0 Å². The second-order valence-corrected chi connectivity index (χ2v) is 6.49. The fraction of sp³-hybridized carbons (Fsp3) is 0.375. The zero-order chi connectivity index (χ0) is 10.9. The van der Waals surface area contributed by atoms with Crippen LogP contribution in [0.15, 0.2) is 26.4 Å². The Balaban J connectivity index is 3.48. The van der Waals surface area contributed by atoms with E-state index in [1.165, 1.54) is 26.1 Å². The predicted molar refractivity (Wildman–Crippen MR) is 57.1 cm³/mol. The summed E-state index contributed by atoms with van der Waals surface area (Å²) in [5.74, 6) is 0. The summed E-state index contributed by atoms with van der Waals surface area (Å²) in [6.07, 6.45) is 1.40. The van der Waals surface area contributed by atoms with Gasteiger partial charge in [-0.05, 0) is 35.8 Å². The van der Waals surface area contributed by atoms with Gasteiger partial charge in [0.15, 0.2) is 9.84 Å². The molecule has 14 heavy (non-hydrogen) atoms. The van der Waals surface area contributed by atoms with Gasteiger partial charge in [-0.2, -0.15) is 0 Å². The molecule has 0 saturated carbocycles. The van der Waals surface area contributed by atoms with E-state index in [-0.39, 0.29) is 4.90 Å². The molecular formula is C8H10BrNO3S.